The van der Waals surface area contributed by atoms with Gasteiger partial charge in [-0.25, -0.2) is 9.82 Å². The first kappa shape index (κ1) is 32.7. The lowest BCUT2D eigenvalue weighted by atomic mass is 9.99. The molecule has 0 fully saturated rings. The Bertz CT molecular complexity index is 1380. The Balaban J connectivity index is 1.83. The molecule has 2 aromatic carbocycles. The average molecular weight is 610 g/mol. The number of nitrogens with zero attached hydrogens (tertiary/aromatic N) is 1. The maximum Gasteiger partial charge on any atom is 0.416 e. The van der Waals surface area contributed by atoms with Crippen LogP contribution in [0.3, 0.4) is 0 Å². The van der Waals surface area contributed by atoms with Crippen LogP contribution in [0.15, 0.2) is 60.8 Å². The molecule has 0 saturated carbocycles. The van der Waals surface area contributed by atoms with E-state index in [2.05, 4.69) is 20.5 Å². The number of likely N-dealkylation sites (N-methyl/N-ethyl adjacent to an activating group) is 1. The van der Waals surface area contributed by atoms with Crippen molar-refractivity contribution in [3.8, 4) is 0 Å². The number of alkyl halides is 3. The highest BCUT2D eigenvalue weighted by Gasteiger charge is 2.34. The molecule has 3 aromatic rings. The minimum Gasteiger partial charge on any atom is -0.386 e. The predicted octanol–water partition coefficient (Wildman–Crippen LogP) is 2.53. The molecular formula is C28H33ClF3N6O4+. The summed E-state index contributed by atoms with van der Waals surface area (Å²) in [5.41, 5.74) is 5.66. The molecule has 42 heavy (non-hydrogen) atoms. The smallest absolute Gasteiger partial charge is 0.386 e. The van der Waals surface area contributed by atoms with Crippen molar-refractivity contribution in [1.29, 1.82) is 0 Å². The van der Waals surface area contributed by atoms with E-state index in [-0.39, 0.29) is 30.9 Å². The van der Waals surface area contributed by atoms with Crippen LogP contribution in [0.1, 0.15) is 37.0 Å². The highest BCUT2D eigenvalue weighted by Crippen LogP contribution is 2.30. The molecule has 14 heteroatoms. The summed E-state index contributed by atoms with van der Waals surface area (Å²) in [5.74, 6) is -1.90. The summed E-state index contributed by atoms with van der Waals surface area (Å²) < 4.78 is 39.2. The summed E-state index contributed by atoms with van der Waals surface area (Å²) in [6.07, 6.45) is -4.93. The van der Waals surface area contributed by atoms with Gasteiger partial charge in [-0.1, -0.05) is 24.3 Å². The highest BCUT2D eigenvalue weighted by molar-refractivity contribution is 6.15. The molecule has 0 saturated heterocycles. The second-order valence-corrected chi connectivity index (χ2v) is 9.70. The summed E-state index contributed by atoms with van der Waals surface area (Å²) >= 11 is 5.80. The van der Waals surface area contributed by atoms with Crippen molar-refractivity contribution in [3.63, 3.8) is 0 Å². The molecule has 1 heterocycles. The number of H-pyrrole nitrogens is 1. The van der Waals surface area contributed by atoms with Gasteiger partial charge < -0.3 is 26.4 Å². The predicted molar refractivity (Wildman–Crippen MR) is 151 cm³/mol. The number of aromatic nitrogens is 1. The van der Waals surface area contributed by atoms with Crippen molar-refractivity contribution in [3.05, 3.63) is 71.9 Å². The standard InChI is InChI=1S/C28H32ClF3N6O4/c1-2-38(14-13-33)23(39)12-11-22(37-29)26(41)36-24(25(40)17-7-9-19(10-8-17)28(30,31)32)27(42)35-20-15-18-5-3-4-6-21(18)34-16-20/h3-10,15-16,22,24-25,37,40H,2,11-14,33H2,1H3,(H,35,42)(H,36,41)/p+1. The second kappa shape index (κ2) is 14.9. The van der Waals surface area contributed by atoms with Gasteiger partial charge in [0.25, 0.3) is 0 Å². The van der Waals surface area contributed by atoms with Gasteiger partial charge in [0.1, 0.15) is 23.9 Å². The SMILES string of the molecule is CCN(CCN)C(=O)CCC(NCl)C(=O)NC(C(=O)Nc1c[nH+]c2ccccc2c1)C(O)c1ccc(C(F)(F)F)cc1. The molecule has 0 radical (unpaired) electrons. The number of fused-ring (bicyclic) bond motifs is 1. The summed E-state index contributed by atoms with van der Waals surface area (Å²) in [6, 6.07) is 9.74. The first-order valence-electron chi connectivity index (χ1n) is 13.2. The fourth-order valence-corrected chi connectivity index (χ4v) is 4.50. The third-order valence-corrected chi connectivity index (χ3v) is 6.89. The molecule has 226 valence electrons. The van der Waals surface area contributed by atoms with Crippen molar-refractivity contribution in [2.45, 2.75) is 44.1 Å². The van der Waals surface area contributed by atoms with Crippen LogP contribution in [0.4, 0.5) is 18.9 Å². The maximum atomic E-state index is 13.4. The number of hydrogen-bond acceptors (Lipinski definition) is 6. The van der Waals surface area contributed by atoms with Gasteiger partial charge in [0, 0.05) is 37.5 Å². The lowest BCUT2D eigenvalue weighted by molar-refractivity contribution is -0.343. The summed E-state index contributed by atoms with van der Waals surface area (Å²) in [4.78, 5) is 45.9. The molecule has 7 N–H and O–H groups in total. The number of rotatable bonds is 13. The number of aliphatic hydroxyl groups is 1. The monoisotopic (exact) mass is 609 g/mol. The van der Waals surface area contributed by atoms with Gasteiger partial charge in [-0.3, -0.25) is 14.4 Å². The van der Waals surface area contributed by atoms with Gasteiger partial charge in [-0.2, -0.15) is 13.2 Å². The molecule has 0 bridgehead atoms. The van der Waals surface area contributed by atoms with Crippen LogP contribution in [-0.2, 0) is 20.6 Å². The fraction of sp³-hybridized carbons (Fsp3) is 0.357. The normalized spacial score (nSPS) is 13.7. The number of nitrogens with two attached hydrogens (primary N) is 1. The molecular weight excluding hydrogens is 577 g/mol. The zero-order valence-electron chi connectivity index (χ0n) is 22.7. The Morgan fingerprint density at radius 3 is 2.40 bits per heavy atom. The Hall–Kier alpha value is -3.78. The quantitative estimate of drug-likeness (QED) is 0.188. The van der Waals surface area contributed by atoms with Gasteiger partial charge in [0.2, 0.25) is 23.2 Å². The van der Waals surface area contributed by atoms with E-state index in [1.54, 1.807) is 19.1 Å². The largest absolute Gasteiger partial charge is 0.416 e. The van der Waals surface area contributed by atoms with Crippen LogP contribution in [0, 0.1) is 0 Å². The number of para-hydroxylation sites is 1. The van der Waals surface area contributed by atoms with Crippen LogP contribution in [0.25, 0.3) is 10.9 Å². The van der Waals surface area contributed by atoms with Crippen molar-refractivity contribution in [1.82, 2.24) is 15.1 Å². The first-order chi connectivity index (χ1) is 20.0. The molecule has 1 aromatic heterocycles. The minimum absolute atomic E-state index is 0.0421. The van der Waals surface area contributed by atoms with Gasteiger partial charge in [-0.05, 0) is 55.0 Å². The third-order valence-electron chi connectivity index (χ3n) is 6.63. The summed E-state index contributed by atoms with van der Waals surface area (Å²) in [5, 5.41) is 16.9. The summed E-state index contributed by atoms with van der Waals surface area (Å²) in [7, 11) is 0. The van der Waals surface area contributed by atoms with E-state index in [0.29, 0.717) is 18.8 Å². The van der Waals surface area contributed by atoms with E-state index in [0.717, 1.165) is 35.2 Å². The minimum atomic E-state index is -4.60. The molecule has 0 aliphatic carbocycles. The van der Waals surface area contributed by atoms with E-state index < -0.39 is 41.7 Å². The lowest BCUT2D eigenvalue weighted by Gasteiger charge is -2.26. The number of carbonyl (C=O) groups excluding carboxylic acids is 3. The number of benzene rings is 2. The molecule has 3 amide bonds. The number of anilines is 1. The first-order valence-corrected chi connectivity index (χ1v) is 13.6. The molecule has 3 rings (SSSR count). The van der Waals surface area contributed by atoms with Crippen LogP contribution >= 0.6 is 11.8 Å². The number of amides is 3. The van der Waals surface area contributed by atoms with Crippen LogP contribution in [0.5, 0.6) is 0 Å². The number of aromatic amines is 1. The number of halogens is 4. The van der Waals surface area contributed by atoms with E-state index in [4.69, 9.17) is 17.5 Å². The topological polar surface area (TPSA) is 151 Å². The zero-order chi connectivity index (χ0) is 30.9. The molecule has 3 atom stereocenters. The second-order valence-electron chi connectivity index (χ2n) is 9.48. The molecule has 0 spiro atoms. The maximum absolute atomic E-state index is 13.4. The Morgan fingerprint density at radius 2 is 1.79 bits per heavy atom. The van der Waals surface area contributed by atoms with Gasteiger partial charge >= 0.3 is 6.18 Å². The number of hydrogen-bond donors (Lipinski definition) is 5. The molecule has 3 unspecified atom stereocenters. The van der Waals surface area contributed by atoms with Crippen molar-refractivity contribution < 1.29 is 37.6 Å². The van der Waals surface area contributed by atoms with E-state index >= 15 is 0 Å². The Labute approximate surface area is 245 Å². The zero-order valence-corrected chi connectivity index (χ0v) is 23.5. The van der Waals surface area contributed by atoms with Gasteiger partial charge in [0.15, 0.2) is 6.20 Å². The number of nitrogens with one attached hydrogen (secondary N) is 4. The van der Waals surface area contributed by atoms with Crippen LogP contribution in [0.2, 0.25) is 0 Å². The van der Waals surface area contributed by atoms with E-state index in [9.17, 15) is 32.7 Å². The Kier molecular flexibility index (Phi) is 11.6. The fourth-order valence-electron chi connectivity index (χ4n) is 4.29. The van der Waals surface area contributed by atoms with Crippen molar-refractivity contribution in [2.24, 2.45) is 5.73 Å². The van der Waals surface area contributed by atoms with Crippen molar-refractivity contribution in [2.75, 3.05) is 25.0 Å². The van der Waals surface area contributed by atoms with E-state index in [1.807, 2.05) is 18.2 Å². The molecule has 0 aliphatic rings. The third kappa shape index (κ3) is 8.61. The van der Waals surface area contributed by atoms with Gasteiger partial charge in [0.05, 0.1) is 5.56 Å². The summed E-state index contributed by atoms with van der Waals surface area (Å²) in [6.45, 7) is 2.82. The van der Waals surface area contributed by atoms with Crippen LogP contribution < -0.4 is 26.2 Å². The van der Waals surface area contributed by atoms with Gasteiger partial charge in [-0.15, -0.1) is 0 Å². The molecule has 10 nitrogen and oxygen atoms in total. The number of carbonyl (C=O) groups is 3. The molecule has 0 aliphatic heterocycles. The number of pyridine rings is 1. The lowest BCUT2D eigenvalue weighted by Crippen LogP contribution is -2.52. The highest BCUT2D eigenvalue weighted by atomic mass is 35.5. The van der Waals surface area contributed by atoms with Crippen molar-refractivity contribution >= 4 is 46.1 Å². The van der Waals surface area contributed by atoms with Crippen LogP contribution in [-0.4, -0.2) is 59.4 Å². The number of aliphatic hydroxyl groups excluding tert-OH is 1. The van der Waals surface area contributed by atoms with E-state index in [1.165, 1.54) is 11.1 Å². The Morgan fingerprint density at radius 1 is 1.10 bits per heavy atom. The average Bonchev–Trinajstić information content (AvgIpc) is 2.98.